The zero-order valence-electron chi connectivity index (χ0n) is 8.53. The molecule has 0 aliphatic carbocycles. The van der Waals surface area contributed by atoms with E-state index in [-0.39, 0.29) is 17.9 Å². The standard InChI is InChI=1S/C11H7BrF2N2O/c12-8-4-15-16(5-8)6-11(17)7-1-2-9(13)10(14)3-7/h1-5H,6H2. The molecular formula is C11H7BrF2N2O. The molecule has 6 heteroatoms. The predicted molar refractivity (Wildman–Crippen MR) is 60.6 cm³/mol. The van der Waals surface area contributed by atoms with Gasteiger partial charge in [0, 0.05) is 11.8 Å². The Hall–Kier alpha value is -1.56. The molecule has 3 nitrogen and oxygen atoms in total. The molecule has 0 spiro atoms. The maximum Gasteiger partial charge on any atom is 0.184 e. The van der Waals surface area contributed by atoms with Gasteiger partial charge >= 0.3 is 0 Å². The summed E-state index contributed by atoms with van der Waals surface area (Å²) in [6.07, 6.45) is 3.16. The zero-order chi connectivity index (χ0) is 12.4. The van der Waals surface area contributed by atoms with Crippen LogP contribution in [0.5, 0.6) is 0 Å². The Kier molecular flexibility index (Phi) is 3.33. The fourth-order valence-electron chi connectivity index (χ4n) is 1.33. The van der Waals surface area contributed by atoms with Gasteiger partial charge in [0.15, 0.2) is 17.4 Å². The first-order valence-corrected chi connectivity index (χ1v) is 5.52. The van der Waals surface area contributed by atoms with E-state index in [1.54, 1.807) is 12.4 Å². The Bertz CT molecular complexity index is 568. The summed E-state index contributed by atoms with van der Waals surface area (Å²) in [7, 11) is 0. The van der Waals surface area contributed by atoms with Crippen LogP contribution in [-0.4, -0.2) is 15.6 Å². The van der Waals surface area contributed by atoms with Gasteiger partial charge in [-0.25, -0.2) is 8.78 Å². The average molecular weight is 301 g/mol. The van der Waals surface area contributed by atoms with Crippen LogP contribution in [0.2, 0.25) is 0 Å². The highest BCUT2D eigenvalue weighted by Gasteiger charge is 2.10. The van der Waals surface area contributed by atoms with Gasteiger partial charge in [0.25, 0.3) is 0 Å². The van der Waals surface area contributed by atoms with Gasteiger partial charge in [-0.05, 0) is 34.1 Å². The lowest BCUT2D eigenvalue weighted by molar-refractivity contribution is 0.0967. The molecule has 0 fully saturated rings. The molecule has 0 atom stereocenters. The minimum Gasteiger partial charge on any atom is -0.292 e. The number of rotatable bonds is 3. The fourth-order valence-corrected chi connectivity index (χ4v) is 1.66. The van der Waals surface area contributed by atoms with E-state index in [4.69, 9.17) is 0 Å². The topological polar surface area (TPSA) is 34.9 Å². The Morgan fingerprint density at radius 3 is 2.71 bits per heavy atom. The largest absolute Gasteiger partial charge is 0.292 e. The van der Waals surface area contributed by atoms with E-state index in [9.17, 15) is 13.6 Å². The summed E-state index contributed by atoms with van der Waals surface area (Å²) in [5.74, 6) is -2.33. The van der Waals surface area contributed by atoms with Crippen molar-refractivity contribution < 1.29 is 13.6 Å². The third-order valence-electron chi connectivity index (χ3n) is 2.15. The smallest absolute Gasteiger partial charge is 0.184 e. The van der Waals surface area contributed by atoms with Gasteiger partial charge in [0.1, 0.15) is 6.54 Å². The molecule has 2 aromatic rings. The molecule has 1 aromatic heterocycles. The molecule has 17 heavy (non-hydrogen) atoms. The van der Waals surface area contributed by atoms with Crippen LogP contribution in [0.25, 0.3) is 0 Å². The van der Waals surface area contributed by atoms with Crippen molar-refractivity contribution in [1.29, 1.82) is 0 Å². The number of carbonyl (C=O) groups excluding carboxylic acids is 1. The lowest BCUT2D eigenvalue weighted by atomic mass is 10.1. The molecule has 88 valence electrons. The van der Waals surface area contributed by atoms with Gasteiger partial charge in [-0.15, -0.1) is 0 Å². The second-order valence-electron chi connectivity index (χ2n) is 3.41. The van der Waals surface area contributed by atoms with E-state index in [2.05, 4.69) is 21.0 Å². The van der Waals surface area contributed by atoms with Crippen LogP contribution >= 0.6 is 15.9 Å². The fraction of sp³-hybridized carbons (Fsp3) is 0.0909. The maximum atomic E-state index is 12.9. The highest BCUT2D eigenvalue weighted by Crippen LogP contribution is 2.11. The van der Waals surface area contributed by atoms with Crippen molar-refractivity contribution in [3.63, 3.8) is 0 Å². The maximum absolute atomic E-state index is 12.9. The van der Waals surface area contributed by atoms with Crippen LogP contribution in [0.1, 0.15) is 10.4 Å². The van der Waals surface area contributed by atoms with E-state index >= 15 is 0 Å². The molecule has 0 N–H and O–H groups in total. The van der Waals surface area contributed by atoms with Crippen molar-refractivity contribution in [2.75, 3.05) is 0 Å². The number of aromatic nitrogens is 2. The van der Waals surface area contributed by atoms with Gasteiger partial charge in [-0.2, -0.15) is 5.10 Å². The molecule has 0 amide bonds. The molecular weight excluding hydrogens is 294 g/mol. The van der Waals surface area contributed by atoms with E-state index in [0.29, 0.717) is 0 Å². The molecule has 1 heterocycles. The van der Waals surface area contributed by atoms with Crippen molar-refractivity contribution in [1.82, 2.24) is 9.78 Å². The number of benzene rings is 1. The van der Waals surface area contributed by atoms with Gasteiger partial charge in [-0.1, -0.05) is 0 Å². The lowest BCUT2D eigenvalue weighted by Gasteiger charge is -2.02. The second-order valence-corrected chi connectivity index (χ2v) is 4.32. The highest BCUT2D eigenvalue weighted by atomic mass is 79.9. The molecule has 0 saturated carbocycles. The SMILES string of the molecule is O=C(Cn1cc(Br)cn1)c1ccc(F)c(F)c1. The van der Waals surface area contributed by atoms with Crippen LogP contribution in [0.15, 0.2) is 35.1 Å². The summed E-state index contributed by atoms with van der Waals surface area (Å²) in [6, 6.07) is 3.07. The number of halogens is 3. The van der Waals surface area contributed by atoms with Crippen molar-refractivity contribution in [2.24, 2.45) is 0 Å². The Balaban J connectivity index is 2.17. The zero-order valence-corrected chi connectivity index (χ0v) is 10.1. The minimum absolute atomic E-state index is 0.0172. The van der Waals surface area contributed by atoms with Crippen LogP contribution in [0.4, 0.5) is 8.78 Å². The Labute approximate surface area is 104 Å². The normalized spacial score (nSPS) is 10.5. The Morgan fingerprint density at radius 1 is 1.35 bits per heavy atom. The van der Waals surface area contributed by atoms with Crippen molar-refractivity contribution in [2.45, 2.75) is 6.54 Å². The second kappa shape index (κ2) is 4.75. The van der Waals surface area contributed by atoms with Crippen molar-refractivity contribution >= 4 is 21.7 Å². The number of nitrogens with zero attached hydrogens (tertiary/aromatic N) is 2. The first-order valence-electron chi connectivity index (χ1n) is 4.72. The summed E-state index contributed by atoms with van der Waals surface area (Å²) in [6.45, 7) is -0.0172. The number of ketones is 1. The summed E-state index contributed by atoms with van der Waals surface area (Å²) in [5.41, 5.74) is 0.121. The lowest BCUT2D eigenvalue weighted by Crippen LogP contribution is -2.11. The first-order chi connectivity index (χ1) is 8.06. The summed E-state index contributed by atoms with van der Waals surface area (Å²) < 4.78 is 27.8. The van der Waals surface area contributed by atoms with E-state index < -0.39 is 11.6 Å². The van der Waals surface area contributed by atoms with E-state index in [1.807, 2.05) is 0 Å². The molecule has 0 radical (unpaired) electrons. The van der Waals surface area contributed by atoms with E-state index in [0.717, 1.165) is 16.6 Å². The highest BCUT2D eigenvalue weighted by molar-refractivity contribution is 9.10. The number of carbonyl (C=O) groups is 1. The third-order valence-corrected chi connectivity index (χ3v) is 2.56. The predicted octanol–water partition coefficient (Wildman–Crippen LogP) is 2.81. The average Bonchev–Trinajstić information content (AvgIpc) is 2.68. The van der Waals surface area contributed by atoms with Gasteiger partial charge in [0.05, 0.1) is 10.7 Å². The molecule has 0 saturated heterocycles. The Morgan fingerprint density at radius 2 is 2.12 bits per heavy atom. The molecule has 0 unspecified atom stereocenters. The summed E-state index contributed by atoms with van der Waals surface area (Å²) in [4.78, 5) is 11.7. The number of Topliss-reactive ketones (excluding diaryl/α,β-unsaturated/α-hetero) is 1. The summed E-state index contributed by atoms with van der Waals surface area (Å²) >= 11 is 3.20. The van der Waals surface area contributed by atoms with Crippen LogP contribution in [0.3, 0.4) is 0 Å². The molecule has 2 rings (SSSR count). The monoisotopic (exact) mass is 300 g/mol. The third kappa shape index (κ3) is 2.76. The number of hydrogen-bond donors (Lipinski definition) is 0. The van der Waals surface area contributed by atoms with Gasteiger partial charge < -0.3 is 0 Å². The molecule has 0 bridgehead atoms. The molecule has 0 aliphatic rings. The van der Waals surface area contributed by atoms with Crippen molar-refractivity contribution in [3.8, 4) is 0 Å². The quantitative estimate of drug-likeness (QED) is 0.817. The van der Waals surface area contributed by atoms with Crippen molar-refractivity contribution in [3.05, 3.63) is 52.3 Å². The van der Waals surface area contributed by atoms with Crippen LogP contribution in [0, 0.1) is 11.6 Å². The molecule has 1 aromatic carbocycles. The minimum atomic E-state index is -1.03. The van der Waals surface area contributed by atoms with Crippen LogP contribution in [-0.2, 0) is 6.54 Å². The van der Waals surface area contributed by atoms with Crippen LogP contribution < -0.4 is 0 Å². The van der Waals surface area contributed by atoms with E-state index in [1.165, 1.54) is 10.7 Å². The number of hydrogen-bond acceptors (Lipinski definition) is 2. The summed E-state index contributed by atoms with van der Waals surface area (Å²) in [5, 5.41) is 3.90. The molecule has 0 aliphatic heterocycles. The first kappa shape index (κ1) is 11.9. The van der Waals surface area contributed by atoms with Gasteiger partial charge in [0.2, 0.25) is 0 Å². The van der Waals surface area contributed by atoms with Gasteiger partial charge in [-0.3, -0.25) is 9.48 Å².